The van der Waals surface area contributed by atoms with Crippen molar-refractivity contribution in [1.82, 2.24) is 0 Å². The van der Waals surface area contributed by atoms with Gasteiger partial charge in [0.1, 0.15) is 0 Å². The fourth-order valence-electron chi connectivity index (χ4n) is 2.84. The van der Waals surface area contributed by atoms with Gasteiger partial charge >= 0.3 is 10.0 Å². The predicted octanol–water partition coefficient (Wildman–Crippen LogP) is 3.53. The Morgan fingerprint density at radius 3 is 1.41 bits per heavy atom. The average molecular weight is 260 g/mol. The van der Waals surface area contributed by atoms with Crippen molar-refractivity contribution in [3.05, 3.63) is 0 Å². The van der Waals surface area contributed by atoms with Gasteiger partial charge in [0.2, 0.25) is 0 Å². The van der Waals surface area contributed by atoms with Crippen LogP contribution in [0.3, 0.4) is 0 Å². The smallest absolute Gasteiger partial charge is 0.304 e. The zero-order valence-corrected chi connectivity index (χ0v) is 14.3. The lowest BCUT2D eigenvalue weighted by atomic mass is 9.79. The molecule has 2 nitrogen and oxygen atoms in total. The summed E-state index contributed by atoms with van der Waals surface area (Å²) in [7, 11) is 0.950. The molecule has 0 bridgehead atoms. The molecular weight excluding hydrogens is 228 g/mol. The second-order valence-electron chi connectivity index (χ2n) is 6.53. The Kier molecular flexibility index (Phi) is 8.34. The Morgan fingerprint density at radius 2 is 1.18 bits per heavy atom. The van der Waals surface area contributed by atoms with Crippen molar-refractivity contribution in [3.63, 3.8) is 0 Å². The van der Waals surface area contributed by atoms with E-state index >= 15 is 0 Å². The van der Waals surface area contributed by atoms with Crippen LogP contribution >= 0.6 is 0 Å². The highest BCUT2D eigenvalue weighted by atomic mass is 28.3. The molecule has 0 amide bonds. The summed E-state index contributed by atoms with van der Waals surface area (Å²) in [5.74, 6) is 2.04. The molecular formula is C14H32O2Si. The van der Waals surface area contributed by atoms with E-state index in [0.29, 0.717) is 17.8 Å². The molecule has 0 unspecified atom stereocenters. The van der Waals surface area contributed by atoms with Crippen LogP contribution in [-0.2, 0) is 8.85 Å². The van der Waals surface area contributed by atoms with E-state index in [1.807, 2.05) is 0 Å². The molecule has 0 aromatic rings. The predicted molar refractivity (Wildman–Crippen MR) is 77.7 cm³/mol. The highest BCUT2D eigenvalue weighted by Crippen LogP contribution is 2.34. The summed E-state index contributed by atoms with van der Waals surface area (Å²) in [6, 6.07) is 0. The molecule has 0 fully saturated rings. The minimum absolute atomic E-state index is 0.0543. The lowest BCUT2D eigenvalue weighted by Gasteiger charge is -2.38. The van der Waals surface area contributed by atoms with Crippen molar-refractivity contribution in [2.75, 3.05) is 7.11 Å². The first kappa shape index (κ1) is 17.1. The van der Waals surface area contributed by atoms with Gasteiger partial charge in [0.05, 0.1) is 5.60 Å². The van der Waals surface area contributed by atoms with Gasteiger partial charge in [-0.1, -0.05) is 41.5 Å². The van der Waals surface area contributed by atoms with Gasteiger partial charge < -0.3 is 8.85 Å². The highest BCUT2D eigenvalue weighted by Gasteiger charge is 2.33. The second-order valence-corrected chi connectivity index (χ2v) is 7.63. The van der Waals surface area contributed by atoms with Gasteiger partial charge in [-0.15, -0.1) is 0 Å². The number of hydrogen-bond acceptors (Lipinski definition) is 2. The van der Waals surface area contributed by atoms with Crippen LogP contribution in [0.25, 0.3) is 0 Å². The van der Waals surface area contributed by atoms with E-state index in [-0.39, 0.29) is 5.60 Å². The van der Waals surface area contributed by atoms with Crippen LogP contribution in [0.5, 0.6) is 0 Å². The van der Waals surface area contributed by atoms with Crippen molar-refractivity contribution >= 4 is 10.0 Å². The average Bonchev–Trinajstić information content (AvgIpc) is 2.11. The first-order valence-electron chi connectivity index (χ1n) is 6.94. The lowest BCUT2D eigenvalue weighted by molar-refractivity contribution is -0.00450. The molecule has 0 radical (unpaired) electrons. The molecule has 0 atom stereocenters. The summed E-state index contributed by atoms with van der Waals surface area (Å²) < 4.78 is 11.5. The van der Waals surface area contributed by atoms with Crippen molar-refractivity contribution in [1.29, 1.82) is 0 Å². The Balaban J connectivity index is 4.76. The maximum absolute atomic E-state index is 6.23. The zero-order valence-electron chi connectivity index (χ0n) is 12.9. The van der Waals surface area contributed by atoms with E-state index in [0.717, 1.165) is 19.3 Å². The van der Waals surface area contributed by atoms with Crippen LogP contribution in [0.15, 0.2) is 0 Å². The summed E-state index contributed by atoms with van der Waals surface area (Å²) in [4.78, 5) is 0. The minimum Gasteiger partial charge on any atom is -0.402 e. The van der Waals surface area contributed by atoms with Gasteiger partial charge in [0.15, 0.2) is 0 Å². The molecule has 0 aromatic carbocycles. The Labute approximate surface area is 111 Å². The summed E-state index contributed by atoms with van der Waals surface area (Å²) in [5, 5.41) is 0. The molecule has 0 aliphatic heterocycles. The Morgan fingerprint density at radius 1 is 0.824 bits per heavy atom. The molecule has 0 saturated carbocycles. The van der Waals surface area contributed by atoms with Gasteiger partial charge in [-0.2, -0.15) is 0 Å². The maximum Gasteiger partial charge on any atom is 0.304 e. The lowest BCUT2D eigenvalue weighted by Crippen LogP contribution is -2.39. The third kappa shape index (κ3) is 7.95. The molecule has 0 aliphatic carbocycles. The summed E-state index contributed by atoms with van der Waals surface area (Å²) in [6.45, 7) is 13.7. The van der Waals surface area contributed by atoms with E-state index in [1.165, 1.54) is 0 Å². The molecule has 17 heavy (non-hydrogen) atoms. The summed E-state index contributed by atoms with van der Waals surface area (Å²) in [5.41, 5.74) is 0.0543. The number of rotatable bonds is 9. The fourth-order valence-corrected chi connectivity index (χ4v) is 3.56. The monoisotopic (exact) mass is 260 g/mol. The third-order valence-corrected chi connectivity index (χ3v) is 3.79. The van der Waals surface area contributed by atoms with Crippen molar-refractivity contribution in [2.45, 2.75) is 66.4 Å². The second kappa shape index (κ2) is 8.28. The minimum atomic E-state index is -0.811. The van der Waals surface area contributed by atoms with Crippen LogP contribution in [0.4, 0.5) is 0 Å². The van der Waals surface area contributed by atoms with Crippen LogP contribution < -0.4 is 0 Å². The normalized spacial score (nSPS) is 13.8. The van der Waals surface area contributed by atoms with Crippen molar-refractivity contribution in [2.24, 2.45) is 17.8 Å². The van der Waals surface area contributed by atoms with Crippen molar-refractivity contribution < 1.29 is 8.85 Å². The first-order valence-corrected chi connectivity index (χ1v) is 8.09. The van der Waals surface area contributed by atoms with E-state index in [9.17, 15) is 0 Å². The van der Waals surface area contributed by atoms with Crippen LogP contribution in [-0.4, -0.2) is 22.7 Å². The SMILES string of the molecule is CO[SiH2]OC(CC(C)C)(CC(C)C)CC(C)C. The number of hydrogen-bond donors (Lipinski definition) is 0. The van der Waals surface area contributed by atoms with Crippen LogP contribution in [0.2, 0.25) is 0 Å². The fraction of sp³-hybridized carbons (Fsp3) is 1.00. The molecule has 0 heterocycles. The standard InChI is InChI=1S/C14H32O2Si/c1-11(2)8-14(9-12(3)4,10-13(5)6)16-17-15-7/h11-13H,8-10,17H2,1-7H3. The first-order chi connectivity index (χ1) is 7.81. The topological polar surface area (TPSA) is 18.5 Å². The van der Waals surface area contributed by atoms with Gasteiger partial charge in [0.25, 0.3) is 0 Å². The van der Waals surface area contributed by atoms with Crippen molar-refractivity contribution in [3.8, 4) is 0 Å². The summed E-state index contributed by atoms with van der Waals surface area (Å²) in [6.07, 6.45) is 3.46. The molecule has 0 spiro atoms. The molecule has 0 aromatic heterocycles. The molecule has 0 N–H and O–H groups in total. The van der Waals surface area contributed by atoms with E-state index in [2.05, 4.69) is 41.5 Å². The Hall–Kier alpha value is 0.137. The van der Waals surface area contributed by atoms with Crippen LogP contribution in [0.1, 0.15) is 60.8 Å². The molecule has 0 saturated heterocycles. The largest absolute Gasteiger partial charge is 0.402 e. The van der Waals surface area contributed by atoms with E-state index in [4.69, 9.17) is 8.85 Å². The Bertz CT molecular complexity index is 164. The van der Waals surface area contributed by atoms with Crippen LogP contribution in [0, 0.1) is 17.8 Å². The molecule has 0 aliphatic rings. The van der Waals surface area contributed by atoms with E-state index in [1.54, 1.807) is 7.11 Å². The molecule has 104 valence electrons. The third-order valence-electron chi connectivity index (χ3n) is 2.82. The molecule has 0 rings (SSSR count). The zero-order chi connectivity index (χ0) is 13.5. The van der Waals surface area contributed by atoms with Gasteiger partial charge in [0, 0.05) is 7.11 Å². The van der Waals surface area contributed by atoms with Gasteiger partial charge in [-0.25, -0.2) is 0 Å². The molecule has 3 heteroatoms. The quantitative estimate of drug-likeness (QED) is 0.591. The van der Waals surface area contributed by atoms with E-state index < -0.39 is 10.0 Å². The summed E-state index contributed by atoms with van der Waals surface area (Å²) >= 11 is 0. The van der Waals surface area contributed by atoms with Gasteiger partial charge in [-0.3, -0.25) is 0 Å². The maximum atomic E-state index is 6.23. The highest BCUT2D eigenvalue weighted by molar-refractivity contribution is 6.18. The van der Waals surface area contributed by atoms with Gasteiger partial charge in [-0.05, 0) is 37.0 Å².